The number of hydrogen-bond donors (Lipinski definition) is 1. The molecule has 28 heavy (non-hydrogen) atoms. The first-order valence-electron chi connectivity index (χ1n) is 8.82. The largest absolute Gasteiger partial charge is 0.482 e. The van der Waals surface area contributed by atoms with Crippen molar-refractivity contribution in [1.82, 2.24) is 4.98 Å². The molecule has 0 fully saturated rings. The van der Waals surface area contributed by atoms with E-state index in [-0.39, 0.29) is 6.61 Å². The summed E-state index contributed by atoms with van der Waals surface area (Å²) >= 11 is 1.33. The Labute approximate surface area is 169 Å². The highest BCUT2D eigenvalue weighted by molar-refractivity contribution is 7.19. The van der Waals surface area contributed by atoms with Crippen molar-refractivity contribution >= 4 is 28.5 Å². The van der Waals surface area contributed by atoms with Crippen LogP contribution in [0.15, 0.2) is 30.5 Å². The van der Waals surface area contributed by atoms with Crippen LogP contribution in [0.5, 0.6) is 5.75 Å². The summed E-state index contributed by atoms with van der Waals surface area (Å²) in [5.41, 5.74) is -0.194. The first-order valence-corrected chi connectivity index (χ1v) is 9.64. The van der Waals surface area contributed by atoms with Gasteiger partial charge >= 0.3 is 12.1 Å². The zero-order valence-corrected chi connectivity index (χ0v) is 17.8. The predicted molar refractivity (Wildman–Crippen MR) is 109 cm³/mol. The molecule has 8 heteroatoms. The number of ether oxygens (including phenoxy) is 3. The number of thiazole rings is 1. The number of benzene rings is 1. The Morgan fingerprint density at radius 1 is 1.00 bits per heavy atom. The minimum absolute atomic E-state index is 0.152. The van der Waals surface area contributed by atoms with Crippen molar-refractivity contribution in [2.24, 2.45) is 0 Å². The van der Waals surface area contributed by atoms with Crippen molar-refractivity contribution in [2.75, 3.05) is 11.9 Å². The summed E-state index contributed by atoms with van der Waals surface area (Å²) in [5, 5.41) is 3.07. The van der Waals surface area contributed by atoms with Crippen LogP contribution in [-0.4, -0.2) is 34.9 Å². The molecule has 0 aliphatic rings. The van der Waals surface area contributed by atoms with Crippen molar-refractivity contribution in [1.29, 1.82) is 0 Å². The molecular weight excluding hydrogens is 380 g/mol. The van der Waals surface area contributed by atoms with Crippen molar-refractivity contribution in [3.05, 3.63) is 30.5 Å². The Morgan fingerprint density at radius 3 is 2.18 bits per heavy atom. The van der Waals surface area contributed by atoms with Gasteiger partial charge in [-0.1, -0.05) is 11.3 Å². The van der Waals surface area contributed by atoms with E-state index in [9.17, 15) is 9.59 Å². The molecule has 1 amide bonds. The summed E-state index contributed by atoms with van der Waals surface area (Å²) in [5.74, 6) is 0.142. The number of esters is 1. The standard InChI is InChI=1S/C20H26N2O5S/c1-19(2,3)26-16(23)12-25-14-9-7-13(8-10-14)15-11-21-17(28-15)22-18(24)27-20(4,5)6/h7-11H,12H2,1-6H3,(H,21,22,24). The summed E-state index contributed by atoms with van der Waals surface area (Å²) in [6.45, 7) is 10.7. The summed E-state index contributed by atoms with van der Waals surface area (Å²) in [6, 6.07) is 7.24. The number of carbonyl (C=O) groups excluding carboxylic acids is 2. The third-order valence-corrected chi connectivity index (χ3v) is 3.99. The molecule has 152 valence electrons. The van der Waals surface area contributed by atoms with Gasteiger partial charge in [0.1, 0.15) is 17.0 Å². The van der Waals surface area contributed by atoms with Crippen LogP contribution >= 0.6 is 11.3 Å². The summed E-state index contributed by atoms with van der Waals surface area (Å²) in [6.07, 6.45) is 1.13. The monoisotopic (exact) mass is 406 g/mol. The van der Waals surface area contributed by atoms with Gasteiger partial charge in [-0.3, -0.25) is 5.32 Å². The lowest BCUT2D eigenvalue weighted by Gasteiger charge is -2.19. The molecule has 0 aliphatic heterocycles. The Kier molecular flexibility index (Phi) is 6.66. The topological polar surface area (TPSA) is 86.8 Å². The third kappa shape index (κ3) is 7.56. The van der Waals surface area contributed by atoms with Crippen LogP contribution < -0.4 is 10.1 Å². The molecule has 0 atom stereocenters. The van der Waals surface area contributed by atoms with E-state index in [1.807, 2.05) is 12.1 Å². The van der Waals surface area contributed by atoms with Crippen LogP contribution in [0, 0.1) is 0 Å². The maximum Gasteiger partial charge on any atom is 0.413 e. The quantitative estimate of drug-likeness (QED) is 0.712. The minimum Gasteiger partial charge on any atom is -0.482 e. The van der Waals surface area contributed by atoms with Crippen molar-refractivity contribution in [3.8, 4) is 16.2 Å². The van der Waals surface area contributed by atoms with Crippen molar-refractivity contribution in [2.45, 2.75) is 52.7 Å². The van der Waals surface area contributed by atoms with Gasteiger partial charge in [0.2, 0.25) is 0 Å². The van der Waals surface area contributed by atoms with Crippen LogP contribution in [-0.2, 0) is 14.3 Å². The molecule has 7 nitrogen and oxygen atoms in total. The van der Waals surface area contributed by atoms with E-state index in [0.29, 0.717) is 10.9 Å². The molecule has 0 saturated heterocycles. The fourth-order valence-corrected chi connectivity index (χ4v) is 2.89. The molecule has 1 aromatic carbocycles. The molecule has 0 aliphatic carbocycles. The van der Waals surface area contributed by atoms with Crippen LogP contribution in [0.1, 0.15) is 41.5 Å². The Morgan fingerprint density at radius 2 is 1.61 bits per heavy atom. The molecule has 0 spiro atoms. The van der Waals surface area contributed by atoms with E-state index in [4.69, 9.17) is 14.2 Å². The fraction of sp³-hybridized carbons (Fsp3) is 0.450. The zero-order chi connectivity index (χ0) is 20.9. The summed E-state index contributed by atoms with van der Waals surface area (Å²) < 4.78 is 15.9. The van der Waals surface area contributed by atoms with E-state index < -0.39 is 23.3 Å². The van der Waals surface area contributed by atoms with E-state index in [1.165, 1.54) is 11.3 Å². The van der Waals surface area contributed by atoms with Gasteiger partial charge in [-0.05, 0) is 71.4 Å². The van der Waals surface area contributed by atoms with Crippen LogP contribution in [0.2, 0.25) is 0 Å². The van der Waals surface area contributed by atoms with Crippen LogP contribution in [0.25, 0.3) is 10.4 Å². The molecule has 1 N–H and O–H groups in total. The van der Waals surface area contributed by atoms with E-state index in [1.54, 1.807) is 59.9 Å². The second kappa shape index (κ2) is 8.60. The molecule has 1 aromatic heterocycles. The van der Waals surface area contributed by atoms with Crippen molar-refractivity contribution in [3.63, 3.8) is 0 Å². The number of rotatable bonds is 5. The molecular formula is C20H26N2O5S. The van der Waals surface area contributed by atoms with Gasteiger partial charge in [-0.2, -0.15) is 0 Å². The lowest BCUT2D eigenvalue weighted by atomic mass is 10.2. The van der Waals surface area contributed by atoms with E-state index >= 15 is 0 Å². The fourth-order valence-electron chi connectivity index (χ4n) is 2.08. The number of nitrogens with one attached hydrogen (secondary N) is 1. The number of aromatic nitrogens is 1. The highest BCUT2D eigenvalue weighted by atomic mass is 32.1. The van der Waals surface area contributed by atoms with Crippen LogP contribution in [0.3, 0.4) is 0 Å². The maximum absolute atomic E-state index is 11.8. The molecule has 2 aromatic rings. The number of nitrogens with zero attached hydrogens (tertiary/aromatic N) is 1. The second-order valence-electron chi connectivity index (χ2n) is 8.06. The smallest absolute Gasteiger partial charge is 0.413 e. The highest BCUT2D eigenvalue weighted by Gasteiger charge is 2.18. The highest BCUT2D eigenvalue weighted by Crippen LogP contribution is 2.30. The van der Waals surface area contributed by atoms with Crippen LogP contribution in [0.4, 0.5) is 9.93 Å². The van der Waals surface area contributed by atoms with Gasteiger partial charge in [0.05, 0.1) is 4.88 Å². The van der Waals surface area contributed by atoms with Gasteiger partial charge in [-0.25, -0.2) is 14.6 Å². The maximum atomic E-state index is 11.8. The van der Waals surface area contributed by atoms with Gasteiger partial charge in [0, 0.05) is 6.20 Å². The summed E-state index contributed by atoms with van der Waals surface area (Å²) in [4.78, 5) is 28.6. The second-order valence-corrected chi connectivity index (χ2v) is 9.09. The molecule has 0 radical (unpaired) electrons. The molecule has 0 saturated carbocycles. The first-order chi connectivity index (χ1) is 12.9. The number of hydrogen-bond acceptors (Lipinski definition) is 7. The van der Waals surface area contributed by atoms with Gasteiger partial charge in [0.25, 0.3) is 0 Å². The Hall–Kier alpha value is -2.61. The minimum atomic E-state index is -0.570. The Balaban J connectivity index is 1.92. The number of amides is 1. The van der Waals surface area contributed by atoms with Gasteiger partial charge in [-0.15, -0.1) is 0 Å². The normalized spacial score (nSPS) is 11.6. The first kappa shape index (κ1) is 21.7. The SMILES string of the molecule is CC(C)(C)OC(=O)COc1ccc(-c2cnc(NC(=O)OC(C)(C)C)s2)cc1. The zero-order valence-electron chi connectivity index (χ0n) is 17.0. The average Bonchev–Trinajstić information content (AvgIpc) is 2.98. The van der Waals surface area contributed by atoms with E-state index in [0.717, 1.165) is 10.4 Å². The third-order valence-electron chi connectivity index (χ3n) is 3.03. The molecule has 0 unspecified atom stereocenters. The number of anilines is 1. The predicted octanol–water partition coefficient (Wildman–Crippen LogP) is 4.88. The molecule has 0 bridgehead atoms. The van der Waals surface area contributed by atoms with Crippen molar-refractivity contribution < 1.29 is 23.8 Å². The molecule has 1 heterocycles. The average molecular weight is 407 g/mol. The van der Waals surface area contributed by atoms with Gasteiger partial charge < -0.3 is 14.2 Å². The van der Waals surface area contributed by atoms with E-state index in [2.05, 4.69) is 10.3 Å². The van der Waals surface area contributed by atoms with Gasteiger partial charge in [0.15, 0.2) is 11.7 Å². The lowest BCUT2D eigenvalue weighted by Crippen LogP contribution is -2.27. The summed E-state index contributed by atoms with van der Waals surface area (Å²) in [7, 11) is 0. The number of carbonyl (C=O) groups is 2. The Bertz CT molecular complexity index is 816. The molecule has 2 rings (SSSR count). The lowest BCUT2D eigenvalue weighted by molar-refractivity contribution is -0.157.